The standard InChI is InChI=1S/C42H32N2/c1-42(2,3)33-19-14-29(15-20-33)37-25-36(34-21-16-30-7-6-8-31-17-22-35(37)41(34)40(30)31)28-12-10-27(11-13-28)32-18-23-39(44-26-32)38-9-4-5-24-43-38/h4-26H,1-3H3. The summed E-state index contributed by atoms with van der Waals surface area (Å²) in [4.78, 5) is 9.13. The van der Waals surface area contributed by atoms with Gasteiger partial charge < -0.3 is 0 Å². The maximum Gasteiger partial charge on any atom is 0.0886 e. The monoisotopic (exact) mass is 564 g/mol. The summed E-state index contributed by atoms with van der Waals surface area (Å²) < 4.78 is 0. The molecule has 2 heteroatoms. The average molecular weight is 565 g/mol. The third kappa shape index (κ3) is 4.42. The Balaban J connectivity index is 1.27. The van der Waals surface area contributed by atoms with Gasteiger partial charge in [0.2, 0.25) is 0 Å². The van der Waals surface area contributed by atoms with E-state index in [4.69, 9.17) is 4.98 Å². The number of aromatic nitrogens is 2. The van der Waals surface area contributed by atoms with Crippen molar-refractivity contribution < 1.29 is 0 Å². The predicted octanol–water partition coefficient (Wildman–Crippen LogP) is 11.3. The largest absolute Gasteiger partial charge is 0.255 e. The van der Waals surface area contributed by atoms with Gasteiger partial charge in [0.15, 0.2) is 0 Å². The lowest BCUT2D eigenvalue weighted by Gasteiger charge is -2.21. The molecule has 0 fully saturated rings. The first-order valence-electron chi connectivity index (χ1n) is 15.2. The number of hydrogen-bond donors (Lipinski definition) is 0. The molecule has 0 aliphatic carbocycles. The minimum atomic E-state index is 0.113. The Labute approximate surface area is 258 Å². The van der Waals surface area contributed by atoms with E-state index in [-0.39, 0.29) is 5.41 Å². The summed E-state index contributed by atoms with van der Waals surface area (Å²) in [5, 5.41) is 7.83. The molecular formula is C42H32N2. The fourth-order valence-electron chi connectivity index (χ4n) is 6.53. The molecule has 0 saturated carbocycles. The summed E-state index contributed by atoms with van der Waals surface area (Å²) in [5.74, 6) is 0. The van der Waals surface area contributed by atoms with Crippen LogP contribution in [0.2, 0.25) is 0 Å². The second kappa shape index (κ2) is 10.1. The van der Waals surface area contributed by atoms with Crippen LogP contribution in [0.1, 0.15) is 26.3 Å². The van der Waals surface area contributed by atoms with Crippen LogP contribution in [0.4, 0.5) is 0 Å². The summed E-state index contributed by atoms with van der Waals surface area (Å²) in [5.41, 5.74) is 10.4. The topological polar surface area (TPSA) is 25.8 Å². The zero-order valence-corrected chi connectivity index (χ0v) is 25.2. The third-order valence-corrected chi connectivity index (χ3v) is 8.93. The Morgan fingerprint density at radius 3 is 1.61 bits per heavy atom. The van der Waals surface area contributed by atoms with E-state index < -0.39 is 0 Å². The van der Waals surface area contributed by atoms with Crippen LogP contribution in [-0.4, -0.2) is 9.97 Å². The summed E-state index contributed by atoms with van der Waals surface area (Å²) in [6, 6.07) is 46.3. The first kappa shape index (κ1) is 26.3. The smallest absolute Gasteiger partial charge is 0.0886 e. The quantitative estimate of drug-likeness (QED) is 0.199. The summed E-state index contributed by atoms with van der Waals surface area (Å²) in [6.07, 6.45) is 3.74. The van der Waals surface area contributed by atoms with E-state index >= 15 is 0 Å². The lowest BCUT2D eigenvalue weighted by atomic mass is 9.83. The Bertz CT molecular complexity index is 2240. The highest BCUT2D eigenvalue weighted by atomic mass is 14.8. The van der Waals surface area contributed by atoms with Gasteiger partial charge in [-0.15, -0.1) is 0 Å². The maximum atomic E-state index is 4.70. The van der Waals surface area contributed by atoms with E-state index in [0.717, 1.165) is 22.5 Å². The predicted molar refractivity (Wildman–Crippen MR) is 186 cm³/mol. The Hall–Kier alpha value is -5.34. The lowest BCUT2D eigenvalue weighted by Crippen LogP contribution is -2.10. The summed E-state index contributed by atoms with van der Waals surface area (Å²) in [6.45, 7) is 6.81. The number of nitrogens with zero attached hydrogens (tertiary/aromatic N) is 2. The van der Waals surface area contributed by atoms with E-state index in [1.54, 1.807) is 6.20 Å². The minimum absolute atomic E-state index is 0.113. The van der Waals surface area contributed by atoms with Crippen LogP contribution in [0.15, 0.2) is 140 Å². The van der Waals surface area contributed by atoms with Gasteiger partial charge in [0.25, 0.3) is 0 Å². The van der Waals surface area contributed by atoms with Gasteiger partial charge in [-0.1, -0.05) is 124 Å². The molecule has 0 spiro atoms. The molecule has 0 saturated heterocycles. The first-order valence-corrected chi connectivity index (χ1v) is 15.2. The van der Waals surface area contributed by atoms with Crippen molar-refractivity contribution in [1.82, 2.24) is 9.97 Å². The third-order valence-electron chi connectivity index (χ3n) is 8.93. The van der Waals surface area contributed by atoms with Crippen molar-refractivity contribution >= 4 is 32.3 Å². The highest BCUT2D eigenvalue weighted by molar-refractivity contribution is 6.28. The summed E-state index contributed by atoms with van der Waals surface area (Å²) in [7, 11) is 0. The number of hydrogen-bond acceptors (Lipinski definition) is 2. The fourth-order valence-corrected chi connectivity index (χ4v) is 6.53. The Kier molecular flexibility index (Phi) is 6.06. The molecule has 0 amide bonds. The van der Waals surface area contributed by atoms with Crippen LogP contribution < -0.4 is 0 Å². The van der Waals surface area contributed by atoms with Gasteiger partial charge in [0.05, 0.1) is 11.4 Å². The van der Waals surface area contributed by atoms with Gasteiger partial charge in [-0.05, 0) is 95.4 Å². The summed E-state index contributed by atoms with van der Waals surface area (Å²) >= 11 is 0. The van der Waals surface area contributed by atoms with Crippen molar-refractivity contribution in [1.29, 1.82) is 0 Å². The molecule has 8 aromatic rings. The number of rotatable bonds is 4. The molecule has 0 atom stereocenters. The van der Waals surface area contributed by atoms with Crippen molar-refractivity contribution in [2.24, 2.45) is 0 Å². The Morgan fingerprint density at radius 2 is 1.05 bits per heavy atom. The molecule has 0 radical (unpaired) electrons. The van der Waals surface area contributed by atoms with E-state index in [2.05, 4.69) is 129 Å². The highest BCUT2D eigenvalue weighted by Gasteiger charge is 2.18. The van der Waals surface area contributed by atoms with Crippen molar-refractivity contribution in [3.8, 4) is 44.8 Å². The molecule has 6 aromatic carbocycles. The van der Waals surface area contributed by atoms with Crippen LogP contribution >= 0.6 is 0 Å². The molecule has 0 unspecified atom stereocenters. The van der Waals surface area contributed by atoms with Gasteiger partial charge >= 0.3 is 0 Å². The van der Waals surface area contributed by atoms with Crippen molar-refractivity contribution in [3.05, 3.63) is 145 Å². The number of benzene rings is 6. The molecule has 0 aliphatic rings. The first-order chi connectivity index (χ1) is 21.4. The zero-order chi connectivity index (χ0) is 29.8. The molecule has 44 heavy (non-hydrogen) atoms. The van der Waals surface area contributed by atoms with Crippen LogP contribution in [0.3, 0.4) is 0 Å². The van der Waals surface area contributed by atoms with Gasteiger partial charge in [0, 0.05) is 18.0 Å². The fraction of sp³-hybridized carbons (Fsp3) is 0.0952. The zero-order valence-electron chi connectivity index (χ0n) is 25.2. The molecule has 2 aromatic heterocycles. The average Bonchev–Trinajstić information content (AvgIpc) is 3.07. The molecular weight excluding hydrogens is 532 g/mol. The van der Waals surface area contributed by atoms with Crippen LogP contribution in [0.25, 0.3) is 77.1 Å². The molecule has 2 heterocycles. The molecule has 0 N–H and O–H groups in total. The molecule has 0 bridgehead atoms. The van der Waals surface area contributed by atoms with Gasteiger partial charge in [-0.2, -0.15) is 0 Å². The normalized spacial score (nSPS) is 12.0. The van der Waals surface area contributed by atoms with E-state index in [0.29, 0.717) is 0 Å². The van der Waals surface area contributed by atoms with Gasteiger partial charge in [-0.3, -0.25) is 9.97 Å². The minimum Gasteiger partial charge on any atom is -0.255 e. The maximum absolute atomic E-state index is 4.70. The second-order valence-electron chi connectivity index (χ2n) is 12.7. The van der Waals surface area contributed by atoms with Gasteiger partial charge in [-0.25, -0.2) is 0 Å². The van der Waals surface area contributed by atoms with E-state index in [1.807, 2.05) is 30.5 Å². The van der Waals surface area contributed by atoms with E-state index in [1.165, 1.54) is 60.1 Å². The van der Waals surface area contributed by atoms with Crippen molar-refractivity contribution in [2.45, 2.75) is 26.2 Å². The van der Waals surface area contributed by atoms with Crippen LogP contribution in [-0.2, 0) is 5.41 Å². The second-order valence-corrected chi connectivity index (χ2v) is 12.7. The highest BCUT2D eigenvalue weighted by Crippen LogP contribution is 2.44. The Morgan fingerprint density at radius 1 is 0.455 bits per heavy atom. The van der Waals surface area contributed by atoms with Crippen LogP contribution in [0.5, 0.6) is 0 Å². The molecule has 2 nitrogen and oxygen atoms in total. The number of pyridine rings is 2. The molecule has 0 aliphatic heterocycles. The SMILES string of the molecule is CC(C)(C)c1ccc(-c2cc(-c3ccc(-c4ccc(-c5ccccn5)nc4)cc3)c3ccc4cccc5ccc2c3c45)cc1. The van der Waals surface area contributed by atoms with Crippen LogP contribution in [0, 0.1) is 0 Å². The van der Waals surface area contributed by atoms with E-state index in [9.17, 15) is 0 Å². The van der Waals surface area contributed by atoms with Crippen molar-refractivity contribution in [3.63, 3.8) is 0 Å². The molecule has 8 rings (SSSR count). The molecule has 210 valence electrons. The lowest BCUT2D eigenvalue weighted by molar-refractivity contribution is 0.590. The van der Waals surface area contributed by atoms with Crippen molar-refractivity contribution in [2.75, 3.05) is 0 Å². The van der Waals surface area contributed by atoms with Gasteiger partial charge in [0.1, 0.15) is 0 Å².